The summed E-state index contributed by atoms with van der Waals surface area (Å²) in [5.74, 6) is 0. The Balaban J connectivity index is 1.99. The molecule has 19 heavy (non-hydrogen) atoms. The van der Waals surface area contributed by atoms with Gasteiger partial charge >= 0.3 is 0 Å². The maximum atomic E-state index is 6.34. The van der Waals surface area contributed by atoms with E-state index in [0.29, 0.717) is 0 Å². The molecule has 2 aromatic rings. The normalized spacial score (nSPS) is 12.7. The molecule has 1 atom stereocenters. The minimum absolute atomic E-state index is 0.111. The predicted molar refractivity (Wildman–Crippen MR) is 82.0 cm³/mol. The Bertz CT molecular complexity index is 502. The summed E-state index contributed by atoms with van der Waals surface area (Å²) in [5, 5.41) is 2.43. The average molecular weight is 256 g/mol. The summed E-state index contributed by atoms with van der Waals surface area (Å²) < 4.78 is 0. The standard InChI is InChI=1S/C17H24N2/c1-2-3-4-5-6-11-17(18)16-13-19-12-14-9-7-8-10-15(14)16/h7-10,12-13,17H,2-6,11,18H2,1H3. The summed E-state index contributed by atoms with van der Waals surface area (Å²) in [7, 11) is 0. The van der Waals surface area contributed by atoms with Crippen LogP contribution < -0.4 is 5.73 Å². The van der Waals surface area contributed by atoms with E-state index < -0.39 is 0 Å². The van der Waals surface area contributed by atoms with E-state index in [-0.39, 0.29) is 6.04 Å². The summed E-state index contributed by atoms with van der Waals surface area (Å²) in [6.07, 6.45) is 11.4. The highest BCUT2D eigenvalue weighted by Crippen LogP contribution is 2.25. The number of nitrogens with zero attached hydrogens (tertiary/aromatic N) is 1. The Morgan fingerprint density at radius 2 is 1.84 bits per heavy atom. The molecule has 0 aliphatic rings. The summed E-state index contributed by atoms with van der Waals surface area (Å²) in [6.45, 7) is 2.24. The van der Waals surface area contributed by atoms with Crippen molar-refractivity contribution in [3.63, 3.8) is 0 Å². The van der Waals surface area contributed by atoms with E-state index in [2.05, 4.69) is 30.1 Å². The van der Waals surface area contributed by atoms with Crippen LogP contribution in [0.25, 0.3) is 10.8 Å². The minimum atomic E-state index is 0.111. The van der Waals surface area contributed by atoms with Gasteiger partial charge in [-0.15, -0.1) is 0 Å². The fraction of sp³-hybridized carbons (Fsp3) is 0.471. The topological polar surface area (TPSA) is 38.9 Å². The Hall–Kier alpha value is -1.41. The highest BCUT2D eigenvalue weighted by molar-refractivity contribution is 5.84. The van der Waals surface area contributed by atoms with Gasteiger partial charge in [0.1, 0.15) is 0 Å². The molecule has 2 N–H and O–H groups in total. The largest absolute Gasteiger partial charge is 0.324 e. The molecule has 0 saturated carbocycles. The van der Waals surface area contributed by atoms with Crippen LogP contribution in [-0.4, -0.2) is 4.98 Å². The van der Waals surface area contributed by atoms with Crippen LogP contribution >= 0.6 is 0 Å². The summed E-state index contributed by atoms with van der Waals surface area (Å²) in [6, 6.07) is 8.47. The van der Waals surface area contributed by atoms with Crippen LogP contribution in [-0.2, 0) is 0 Å². The second-order valence-corrected chi connectivity index (χ2v) is 5.26. The van der Waals surface area contributed by atoms with E-state index in [1.165, 1.54) is 48.4 Å². The summed E-state index contributed by atoms with van der Waals surface area (Å²) in [4.78, 5) is 4.31. The highest BCUT2D eigenvalue weighted by Gasteiger charge is 2.09. The zero-order valence-corrected chi connectivity index (χ0v) is 11.8. The van der Waals surface area contributed by atoms with Gasteiger partial charge in [0, 0.05) is 23.8 Å². The van der Waals surface area contributed by atoms with Crippen LogP contribution in [0.1, 0.15) is 57.1 Å². The molecule has 0 amide bonds. The van der Waals surface area contributed by atoms with Crippen molar-refractivity contribution in [3.8, 4) is 0 Å². The molecule has 1 unspecified atom stereocenters. The molecule has 1 aromatic carbocycles. The maximum Gasteiger partial charge on any atom is 0.0346 e. The minimum Gasteiger partial charge on any atom is -0.324 e. The van der Waals surface area contributed by atoms with Crippen LogP contribution in [0, 0.1) is 0 Å². The first-order valence-electron chi connectivity index (χ1n) is 7.41. The van der Waals surface area contributed by atoms with Crippen LogP contribution in [0.2, 0.25) is 0 Å². The van der Waals surface area contributed by atoms with Crippen molar-refractivity contribution in [2.45, 2.75) is 51.5 Å². The first-order valence-corrected chi connectivity index (χ1v) is 7.41. The number of benzene rings is 1. The maximum absolute atomic E-state index is 6.34. The number of hydrogen-bond acceptors (Lipinski definition) is 2. The van der Waals surface area contributed by atoms with E-state index >= 15 is 0 Å². The third-order valence-electron chi connectivity index (χ3n) is 3.72. The highest BCUT2D eigenvalue weighted by atomic mass is 14.7. The van der Waals surface area contributed by atoms with Gasteiger partial charge in [-0.2, -0.15) is 0 Å². The van der Waals surface area contributed by atoms with E-state index in [9.17, 15) is 0 Å². The van der Waals surface area contributed by atoms with Crippen molar-refractivity contribution in [3.05, 3.63) is 42.2 Å². The first kappa shape index (κ1) is 14.0. The lowest BCUT2D eigenvalue weighted by Gasteiger charge is -2.14. The lowest BCUT2D eigenvalue weighted by molar-refractivity contribution is 0.556. The molecular formula is C17H24N2. The molecule has 0 aliphatic carbocycles. The van der Waals surface area contributed by atoms with Crippen molar-refractivity contribution < 1.29 is 0 Å². The Morgan fingerprint density at radius 1 is 1.05 bits per heavy atom. The molecule has 0 spiro atoms. The number of hydrogen-bond donors (Lipinski definition) is 1. The van der Waals surface area contributed by atoms with Crippen molar-refractivity contribution in [1.82, 2.24) is 4.98 Å². The van der Waals surface area contributed by atoms with Gasteiger partial charge in [-0.25, -0.2) is 0 Å². The van der Waals surface area contributed by atoms with Gasteiger partial charge in [0.25, 0.3) is 0 Å². The Morgan fingerprint density at radius 3 is 2.68 bits per heavy atom. The van der Waals surface area contributed by atoms with Crippen molar-refractivity contribution in [1.29, 1.82) is 0 Å². The zero-order chi connectivity index (χ0) is 13.5. The van der Waals surface area contributed by atoms with Gasteiger partial charge in [-0.05, 0) is 17.4 Å². The summed E-state index contributed by atoms with van der Waals surface area (Å²) in [5.41, 5.74) is 7.52. The Kier molecular flexibility index (Phi) is 5.34. The molecule has 1 heterocycles. The number of aromatic nitrogens is 1. The monoisotopic (exact) mass is 256 g/mol. The van der Waals surface area contributed by atoms with Gasteiger partial charge in [0.2, 0.25) is 0 Å². The molecule has 1 aromatic heterocycles. The number of fused-ring (bicyclic) bond motifs is 1. The molecule has 0 saturated heterocycles. The molecule has 0 bridgehead atoms. The van der Waals surface area contributed by atoms with E-state index in [4.69, 9.17) is 5.73 Å². The molecule has 2 heteroatoms. The van der Waals surface area contributed by atoms with Crippen LogP contribution in [0.4, 0.5) is 0 Å². The second-order valence-electron chi connectivity index (χ2n) is 5.26. The van der Waals surface area contributed by atoms with Gasteiger partial charge in [-0.3, -0.25) is 4.98 Å². The first-order chi connectivity index (χ1) is 9.33. The van der Waals surface area contributed by atoms with E-state index in [0.717, 1.165) is 6.42 Å². The van der Waals surface area contributed by atoms with Crippen molar-refractivity contribution in [2.24, 2.45) is 5.73 Å². The van der Waals surface area contributed by atoms with Crippen LogP contribution in [0.3, 0.4) is 0 Å². The fourth-order valence-electron chi connectivity index (χ4n) is 2.56. The SMILES string of the molecule is CCCCCCCC(N)c1cncc2ccccc12. The number of pyridine rings is 1. The predicted octanol–water partition coefficient (Wildman–Crippen LogP) is 4.60. The van der Waals surface area contributed by atoms with Gasteiger partial charge in [0.05, 0.1) is 0 Å². The summed E-state index contributed by atoms with van der Waals surface area (Å²) >= 11 is 0. The number of unbranched alkanes of at least 4 members (excludes halogenated alkanes) is 4. The molecular weight excluding hydrogens is 232 g/mol. The number of rotatable bonds is 7. The zero-order valence-electron chi connectivity index (χ0n) is 11.8. The lowest BCUT2D eigenvalue weighted by Crippen LogP contribution is -2.11. The van der Waals surface area contributed by atoms with E-state index in [1.807, 2.05) is 18.5 Å². The van der Waals surface area contributed by atoms with Gasteiger partial charge in [-0.1, -0.05) is 63.3 Å². The molecule has 102 valence electrons. The Labute approximate surface area is 116 Å². The lowest BCUT2D eigenvalue weighted by atomic mass is 9.97. The third kappa shape index (κ3) is 3.77. The fourth-order valence-corrected chi connectivity index (χ4v) is 2.56. The van der Waals surface area contributed by atoms with Gasteiger partial charge in [0.15, 0.2) is 0 Å². The second kappa shape index (κ2) is 7.25. The number of nitrogens with two attached hydrogens (primary N) is 1. The van der Waals surface area contributed by atoms with Gasteiger partial charge < -0.3 is 5.73 Å². The van der Waals surface area contributed by atoms with Crippen molar-refractivity contribution >= 4 is 10.8 Å². The van der Waals surface area contributed by atoms with Crippen molar-refractivity contribution in [2.75, 3.05) is 0 Å². The molecule has 0 fully saturated rings. The molecule has 2 rings (SSSR count). The third-order valence-corrected chi connectivity index (χ3v) is 3.72. The van der Waals surface area contributed by atoms with E-state index in [1.54, 1.807) is 0 Å². The average Bonchev–Trinajstić information content (AvgIpc) is 2.46. The molecule has 0 aliphatic heterocycles. The molecule has 0 radical (unpaired) electrons. The molecule has 2 nitrogen and oxygen atoms in total. The van der Waals surface area contributed by atoms with Crippen LogP contribution in [0.5, 0.6) is 0 Å². The van der Waals surface area contributed by atoms with Crippen LogP contribution in [0.15, 0.2) is 36.7 Å². The quantitative estimate of drug-likeness (QED) is 0.735. The smallest absolute Gasteiger partial charge is 0.0346 e.